The molecular weight excluding hydrogens is 263 g/mol. The Kier molecular flexibility index (Phi) is 4.80. The monoisotopic (exact) mass is 276 g/mol. The second kappa shape index (κ2) is 5.92. The van der Waals surface area contributed by atoms with Crippen molar-refractivity contribution in [2.24, 2.45) is 0 Å². The molecule has 1 aromatic heterocycles. The first kappa shape index (κ1) is 14.6. The molecule has 1 heterocycles. The Morgan fingerprint density at radius 2 is 2.17 bits per heavy atom. The van der Waals surface area contributed by atoms with E-state index in [4.69, 9.17) is 14.5 Å². The summed E-state index contributed by atoms with van der Waals surface area (Å²) < 4.78 is 16.6. The summed E-state index contributed by atoms with van der Waals surface area (Å²) in [4.78, 5) is 41.5. The number of hydrogen-bond acceptors (Lipinski definition) is 4. The number of nitrogens with zero attached hydrogens (tertiary/aromatic N) is 1. The van der Waals surface area contributed by atoms with Crippen molar-refractivity contribution in [1.82, 2.24) is 9.55 Å². The van der Waals surface area contributed by atoms with Crippen LogP contribution in [0.2, 0.25) is 0 Å². The van der Waals surface area contributed by atoms with Crippen LogP contribution in [0.15, 0.2) is 27.7 Å². The van der Waals surface area contributed by atoms with E-state index in [2.05, 4.69) is 4.98 Å². The van der Waals surface area contributed by atoms with Crippen LogP contribution in [0.5, 0.6) is 0 Å². The fourth-order valence-corrected chi connectivity index (χ4v) is 1.47. The van der Waals surface area contributed by atoms with Gasteiger partial charge in [-0.3, -0.25) is 18.9 Å². The Labute approximate surface area is 102 Å². The van der Waals surface area contributed by atoms with Crippen molar-refractivity contribution >= 4 is 7.60 Å². The van der Waals surface area contributed by atoms with E-state index in [-0.39, 0.29) is 13.3 Å². The average Bonchev–Trinajstić information content (AvgIpc) is 2.23. The molecule has 0 aromatic carbocycles. The van der Waals surface area contributed by atoms with Crippen LogP contribution >= 0.6 is 7.60 Å². The Hall–Kier alpha value is -1.47. The molecule has 0 aliphatic rings. The second-order valence-corrected chi connectivity index (χ2v) is 4.99. The standard InChI is InChI=1S/C9H13N2O6P/c1-7-5-11(9(13)10-8(7)12)6-17-3-2-4-18(14,15)16/h2,4-5H,3,6H2,1H3,(H,10,12,13)(H2,14,15,16). The number of H-pyrrole nitrogens is 1. The number of hydrogen-bond donors (Lipinski definition) is 3. The van der Waals surface area contributed by atoms with Crippen LogP contribution in [0, 0.1) is 6.92 Å². The molecule has 0 radical (unpaired) electrons. The van der Waals surface area contributed by atoms with Crippen LogP contribution in [0.25, 0.3) is 0 Å². The quantitative estimate of drug-likeness (QED) is 0.493. The third-order valence-electron chi connectivity index (χ3n) is 1.93. The van der Waals surface area contributed by atoms with Gasteiger partial charge in [-0.05, 0) is 6.92 Å². The van der Waals surface area contributed by atoms with E-state index in [1.807, 2.05) is 0 Å². The van der Waals surface area contributed by atoms with Crippen LogP contribution in [0.1, 0.15) is 5.56 Å². The van der Waals surface area contributed by atoms with Crippen LogP contribution in [0.3, 0.4) is 0 Å². The highest BCUT2D eigenvalue weighted by atomic mass is 31.2. The lowest BCUT2D eigenvalue weighted by molar-refractivity contribution is 0.0962. The summed E-state index contributed by atoms with van der Waals surface area (Å²) in [7, 11) is -4.18. The van der Waals surface area contributed by atoms with E-state index in [1.165, 1.54) is 6.20 Å². The molecule has 18 heavy (non-hydrogen) atoms. The van der Waals surface area contributed by atoms with Gasteiger partial charge in [0, 0.05) is 17.6 Å². The maximum Gasteiger partial charge on any atom is 0.348 e. The minimum absolute atomic E-state index is 0.0598. The Balaban J connectivity index is 2.58. The zero-order chi connectivity index (χ0) is 13.8. The summed E-state index contributed by atoms with van der Waals surface area (Å²) in [6, 6.07) is 0. The van der Waals surface area contributed by atoms with Gasteiger partial charge in [0.1, 0.15) is 6.73 Å². The first-order valence-electron chi connectivity index (χ1n) is 4.90. The molecule has 0 unspecified atom stereocenters. The van der Waals surface area contributed by atoms with Gasteiger partial charge in [0.05, 0.1) is 6.61 Å². The Morgan fingerprint density at radius 3 is 2.78 bits per heavy atom. The summed E-state index contributed by atoms with van der Waals surface area (Å²) in [5, 5.41) is 0. The number of rotatable bonds is 5. The van der Waals surface area contributed by atoms with Gasteiger partial charge in [-0.1, -0.05) is 6.08 Å². The van der Waals surface area contributed by atoms with E-state index in [9.17, 15) is 14.2 Å². The topological polar surface area (TPSA) is 122 Å². The zero-order valence-corrected chi connectivity index (χ0v) is 10.5. The van der Waals surface area contributed by atoms with Crippen molar-refractivity contribution in [3.8, 4) is 0 Å². The van der Waals surface area contributed by atoms with Crippen molar-refractivity contribution < 1.29 is 19.1 Å². The smallest absolute Gasteiger partial charge is 0.348 e. The lowest BCUT2D eigenvalue weighted by Crippen LogP contribution is -2.31. The molecule has 0 aliphatic heterocycles. The maximum absolute atomic E-state index is 11.3. The average molecular weight is 276 g/mol. The van der Waals surface area contributed by atoms with E-state index in [1.54, 1.807) is 6.92 Å². The van der Waals surface area contributed by atoms with Gasteiger partial charge < -0.3 is 14.5 Å². The number of aromatic nitrogens is 2. The minimum Gasteiger partial charge on any atom is -0.357 e. The number of ether oxygens (including phenoxy) is 1. The molecule has 100 valence electrons. The minimum atomic E-state index is -4.18. The lowest BCUT2D eigenvalue weighted by Gasteiger charge is -2.05. The van der Waals surface area contributed by atoms with Crippen LogP contribution in [-0.4, -0.2) is 25.9 Å². The molecule has 0 aliphatic carbocycles. The van der Waals surface area contributed by atoms with Gasteiger partial charge in [-0.25, -0.2) is 4.79 Å². The number of aryl methyl sites for hydroxylation is 1. The van der Waals surface area contributed by atoms with Gasteiger partial charge >= 0.3 is 13.3 Å². The van der Waals surface area contributed by atoms with Crippen molar-refractivity contribution in [2.45, 2.75) is 13.7 Å². The van der Waals surface area contributed by atoms with Gasteiger partial charge in [-0.15, -0.1) is 0 Å². The van der Waals surface area contributed by atoms with Crippen LogP contribution < -0.4 is 11.2 Å². The molecule has 0 saturated carbocycles. The lowest BCUT2D eigenvalue weighted by atomic mass is 10.4. The fraction of sp³-hybridized carbons (Fsp3) is 0.333. The number of nitrogens with one attached hydrogen (secondary N) is 1. The summed E-state index contributed by atoms with van der Waals surface area (Å²) in [6.45, 7) is 1.36. The molecule has 0 amide bonds. The van der Waals surface area contributed by atoms with E-state index in [0.717, 1.165) is 10.6 Å². The molecule has 8 nitrogen and oxygen atoms in total. The highest BCUT2D eigenvalue weighted by molar-refractivity contribution is 7.55. The molecule has 3 N–H and O–H groups in total. The zero-order valence-electron chi connectivity index (χ0n) is 9.57. The molecule has 0 atom stereocenters. The van der Waals surface area contributed by atoms with Crippen LogP contribution in [-0.2, 0) is 16.0 Å². The molecule has 0 saturated heterocycles. The van der Waals surface area contributed by atoms with E-state index < -0.39 is 18.8 Å². The molecule has 9 heteroatoms. The summed E-state index contributed by atoms with van der Waals surface area (Å²) in [5.74, 6) is 0.716. The molecule has 0 fully saturated rings. The normalized spacial score (nSPS) is 12.2. The number of aromatic amines is 1. The molecule has 1 rings (SSSR count). The van der Waals surface area contributed by atoms with Crippen molar-refractivity contribution in [2.75, 3.05) is 6.61 Å². The first-order valence-corrected chi connectivity index (χ1v) is 6.59. The Morgan fingerprint density at radius 1 is 1.50 bits per heavy atom. The van der Waals surface area contributed by atoms with Crippen molar-refractivity contribution in [3.63, 3.8) is 0 Å². The third-order valence-corrected chi connectivity index (χ3v) is 2.53. The predicted molar refractivity (Wildman–Crippen MR) is 63.2 cm³/mol. The van der Waals surface area contributed by atoms with Gasteiger partial charge in [-0.2, -0.15) is 0 Å². The Bertz CT molecular complexity index is 596. The second-order valence-electron chi connectivity index (χ2n) is 3.51. The van der Waals surface area contributed by atoms with Crippen molar-refractivity contribution in [3.05, 3.63) is 44.5 Å². The largest absolute Gasteiger partial charge is 0.357 e. The highest BCUT2D eigenvalue weighted by Crippen LogP contribution is 2.35. The van der Waals surface area contributed by atoms with Gasteiger partial charge in [0.2, 0.25) is 0 Å². The SMILES string of the molecule is Cc1cn(COCC=CP(=O)(O)O)c(=O)[nH]c1=O. The first-order chi connectivity index (χ1) is 8.29. The summed E-state index contributed by atoms with van der Waals surface area (Å²) in [5.41, 5.74) is -0.703. The summed E-state index contributed by atoms with van der Waals surface area (Å²) >= 11 is 0. The van der Waals surface area contributed by atoms with Crippen LogP contribution in [0.4, 0.5) is 0 Å². The van der Waals surface area contributed by atoms with E-state index >= 15 is 0 Å². The maximum atomic E-state index is 11.3. The molecule has 0 bridgehead atoms. The summed E-state index contributed by atoms with van der Waals surface area (Å²) in [6.07, 6.45) is 2.50. The fourth-order valence-electron chi connectivity index (χ4n) is 1.11. The van der Waals surface area contributed by atoms with Gasteiger partial charge in [0.25, 0.3) is 5.56 Å². The predicted octanol–water partition coefficient (Wildman–Crippen LogP) is -0.489. The highest BCUT2D eigenvalue weighted by Gasteiger charge is 2.04. The molecule has 0 spiro atoms. The molecule has 1 aromatic rings. The molecular formula is C9H13N2O6P. The van der Waals surface area contributed by atoms with Crippen molar-refractivity contribution in [1.29, 1.82) is 0 Å². The van der Waals surface area contributed by atoms with Gasteiger partial charge in [0.15, 0.2) is 0 Å². The van der Waals surface area contributed by atoms with E-state index in [0.29, 0.717) is 11.4 Å². The third kappa shape index (κ3) is 4.80.